The average Bonchev–Trinajstić information content (AvgIpc) is 3.19. The summed E-state index contributed by atoms with van der Waals surface area (Å²) in [4.78, 5) is 16.4. The molecule has 0 spiro atoms. The summed E-state index contributed by atoms with van der Waals surface area (Å²) in [5, 5.41) is 10.00. The Hall–Kier alpha value is -2.26. The number of thioether (sulfide) groups is 1. The highest BCUT2D eigenvalue weighted by Gasteiger charge is 2.17. The van der Waals surface area contributed by atoms with E-state index in [4.69, 9.17) is 14.2 Å². The number of aromatic amines is 1. The zero-order valence-corrected chi connectivity index (χ0v) is 13.3. The fourth-order valence-corrected chi connectivity index (χ4v) is 2.66. The molecule has 1 aromatic carbocycles. The maximum Gasteiger partial charge on any atom is 0.258 e. The van der Waals surface area contributed by atoms with Gasteiger partial charge < -0.3 is 14.2 Å². The summed E-state index contributed by atoms with van der Waals surface area (Å²) >= 11 is 1.50. The third-order valence-corrected chi connectivity index (χ3v) is 3.99. The number of fused-ring (bicyclic) bond motifs is 1. The summed E-state index contributed by atoms with van der Waals surface area (Å²) in [5.74, 6) is 2.05. The zero-order chi connectivity index (χ0) is 16.1. The highest BCUT2D eigenvalue weighted by atomic mass is 32.2. The number of ether oxygens (including phenoxy) is 3. The van der Waals surface area contributed by atoms with Crippen LogP contribution in [-0.2, 0) is 4.74 Å². The van der Waals surface area contributed by atoms with Crippen LogP contribution in [0.25, 0.3) is 0 Å². The third kappa shape index (κ3) is 3.93. The number of H-pyrrole nitrogens is 1. The Morgan fingerprint density at radius 3 is 3.17 bits per heavy atom. The van der Waals surface area contributed by atoms with Gasteiger partial charge in [0.15, 0.2) is 11.5 Å². The van der Waals surface area contributed by atoms with E-state index >= 15 is 0 Å². The van der Waals surface area contributed by atoms with Crippen LogP contribution in [-0.4, -0.2) is 47.4 Å². The van der Waals surface area contributed by atoms with Gasteiger partial charge in [-0.15, -0.1) is 5.10 Å². The topological polar surface area (TPSA) is 98.4 Å². The number of anilines is 1. The van der Waals surface area contributed by atoms with Crippen LogP contribution in [0.1, 0.15) is 16.8 Å². The molecule has 0 radical (unpaired) electrons. The van der Waals surface area contributed by atoms with Crippen LogP contribution < -0.4 is 14.8 Å². The molecule has 1 aromatic heterocycles. The van der Waals surface area contributed by atoms with Gasteiger partial charge in [-0.1, -0.05) is 11.8 Å². The van der Waals surface area contributed by atoms with Crippen molar-refractivity contribution in [2.45, 2.75) is 11.6 Å². The molecule has 2 heterocycles. The second-order valence-corrected chi connectivity index (χ2v) is 5.75. The second-order valence-electron chi connectivity index (χ2n) is 4.68. The number of hydrogen-bond donors (Lipinski definition) is 2. The minimum atomic E-state index is -0.296. The van der Waals surface area contributed by atoms with E-state index in [1.54, 1.807) is 25.3 Å². The fourth-order valence-electron chi connectivity index (χ4n) is 1.95. The minimum Gasteiger partial charge on any atom is -0.454 e. The first-order valence-corrected chi connectivity index (χ1v) is 8.00. The van der Waals surface area contributed by atoms with Crippen molar-refractivity contribution in [1.29, 1.82) is 0 Å². The molecule has 23 heavy (non-hydrogen) atoms. The van der Waals surface area contributed by atoms with Gasteiger partial charge in [0, 0.05) is 25.0 Å². The summed E-state index contributed by atoms with van der Waals surface area (Å²) in [6, 6.07) is 5.00. The Kier molecular flexibility index (Phi) is 4.99. The van der Waals surface area contributed by atoms with E-state index < -0.39 is 0 Å². The van der Waals surface area contributed by atoms with Crippen molar-refractivity contribution in [2.24, 2.45) is 0 Å². The molecule has 9 heteroatoms. The van der Waals surface area contributed by atoms with Gasteiger partial charge in [-0.2, -0.15) is 4.98 Å². The molecule has 0 atom stereocenters. The molecule has 0 saturated carbocycles. The molecule has 2 N–H and O–H groups in total. The lowest BCUT2D eigenvalue weighted by Gasteiger charge is -2.02. The quantitative estimate of drug-likeness (QED) is 0.588. The molecule has 2 aromatic rings. The van der Waals surface area contributed by atoms with E-state index in [9.17, 15) is 4.79 Å². The molecule has 3 rings (SSSR count). The Balaban J connectivity index is 1.56. The molecule has 0 fully saturated rings. The highest BCUT2D eigenvalue weighted by Crippen LogP contribution is 2.32. The van der Waals surface area contributed by atoms with E-state index in [1.807, 2.05) is 0 Å². The molecule has 0 aliphatic carbocycles. The molecule has 122 valence electrons. The van der Waals surface area contributed by atoms with Gasteiger partial charge in [0.25, 0.3) is 5.91 Å². The maximum atomic E-state index is 12.2. The van der Waals surface area contributed by atoms with Crippen LogP contribution in [0, 0.1) is 0 Å². The van der Waals surface area contributed by atoms with E-state index in [1.165, 1.54) is 11.8 Å². The zero-order valence-electron chi connectivity index (χ0n) is 12.5. The smallest absolute Gasteiger partial charge is 0.258 e. The van der Waals surface area contributed by atoms with E-state index in [2.05, 4.69) is 20.5 Å². The molecule has 0 saturated heterocycles. The average molecular weight is 336 g/mol. The lowest BCUT2D eigenvalue weighted by Crippen LogP contribution is -2.12. The normalized spacial score (nSPS) is 12.4. The number of carbonyl (C=O) groups excluding carboxylic acids is 1. The number of rotatable bonds is 7. The SMILES string of the molecule is COCCCSc1n[nH]c(NC(=O)c2ccc3c(c2)OCO3)n1. The van der Waals surface area contributed by atoms with Gasteiger partial charge in [0.2, 0.25) is 17.9 Å². The standard InChI is InChI=1S/C14H16N4O4S/c1-20-5-2-6-23-14-16-13(17-18-14)15-12(19)9-3-4-10-11(7-9)22-8-21-10/h3-4,7H,2,5-6,8H2,1H3,(H2,15,16,17,18,19). The molecular formula is C14H16N4O4S. The summed E-state index contributed by atoms with van der Waals surface area (Å²) < 4.78 is 15.5. The largest absolute Gasteiger partial charge is 0.454 e. The van der Waals surface area contributed by atoms with Crippen LogP contribution in [0.2, 0.25) is 0 Å². The molecule has 1 amide bonds. The first kappa shape index (κ1) is 15.6. The van der Waals surface area contributed by atoms with Crippen molar-refractivity contribution in [3.05, 3.63) is 23.8 Å². The Bertz CT molecular complexity index is 691. The van der Waals surface area contributed by atoms with Crippen molar-refractivity contribution in [2.75, 3.05) is 31.6 Å². The maximum absolute atomic E-state index is 12.2. The van der Waals surface area contributed by atoms with Gasteiger partial charge in [-0.05, 0) is 24.6 Å². The van der Waals surface area contributed by atoms with Crippen molar-refractivity contribution in [3.8, 4) is 11.5 Å². The van der Waals surface area contributed by atoms with Crippen molar-refractivity contribution in [3.63, 3.8) is 0 Å². The van der Waals surface area contributed by atoms with Crippen LogP contribution >= 0.6 is 11.8 Å². The number of benzene rings is 1. The Labute approximate surface area is 136 Å². The first-order chi connectivity index (χ1) is 11.3. The van der Waals surface area contributed by atoms with Crippen molar-refractivity contribution < 1.29 is 19.0 Å². The number of nitrogens with zero attached hydrogens (tertiary/aromatic N) is 2. The number of amides is 1. The lowest BCUT2D eigenvalue weighted by molar-refractivity contribution is 0.102. The monoisotopic (exact) mass is 336 g/mol. The number of methoxy groups -OCH3 is 1. The molecular weight excluding hydrogens is 320 g/mol. The van der Waals surface area contributed by atoms with Crippen LogP contribution in [0.15, 0.2) is 23.4 Å². The Morgan fingerprint density at radius 2 is 2.30 bits per heavy atom. The number of aromatic nitrogens is 3. The summed E-state index contributed by atoms with van der Waals surface area (Å²) in [7, 11) is 1.67. The summed E-state index contributed by atoms with van der Waals surface area (Å²) in [5.41, 5.74) is 0.458. The van der Waals surface area contributed by atoms with Crippen LogP contribution in [0.3, 0.4) is 0 Å². The molecule has 1 aliphatic rings. The highest BCUT2D eigenvalue weighted by molar-refractivity contribution is 7.99. The minimum absolute atomic E-state index is 0.173. The van der Waals surface area contributed by atoms with Crippen LogP contribution in [0.4, 0.5) is 5.95 Å². The van der Waals surface area contributed by atoms with Crippen molar-refractivity contribution >= 4 is 23.6 Å². The third-order valence-electron chi connectivity index (χ3n) is 3.06. The van der Waals surface area contributed by atoms with Crippen LogP contribution in [0.5, 0.6) is 11.5 Å². The van der Waals surface area contributed by atoms with E-state index in [-0.39, 0.29) is 12.7 Å². The molecule has 1 aliphatic heterocycles. The van der Waals surface area contributed by atoms with E-state index in [0.717, 1.165) is 12.2 Å². The van der Waals surface area contributed by atoms with Gasteiger partial charge in [0.1, 0.15) is 0 Å². The fraction of sp³-hybridized carbons (Fsp3) is 0.357. The number of carbonyl (C=O) groups is 1. The van der Waals surface area contributed by atoms with Gasteiger partial charge in [0.05, 0.1) is 0 Å². The first-order valence-electron chi connectivity index (χ1n) is 7.01. The van der Waals surface area contributed by atoms with Gasteiger partial charge >= 0.3 is 0 Å². The number of hydrogen-bond acceptors (Lipinski definition) is 7. The van der Waals surface area contributed by atoms with Gasteiger partial charge in [-0.3, -0.25) is 10.1 Å². The van der Waals surface area contributed by atoms with E-state index in [0.29, 0.717) is 34.8 Å². The number of nitrogens with one attached hydrogen (secondary N) is 2. The van der Waals surface area contributed by atoms with Gasteiger partial charge in [-0.25, -0.2) is 5.10 Å². The second kappa shape index (κ2) is 7.34. The predicted octanol–water partition coefficient (Wildman–Crippen LogP) is 1.91. The molecule has 8 nitrogen and oxygen atoms in total. The Morgan fingerprint density at radius 1 is 1.43 bits per heavy atom. The molecule has 0 bridgehead atoms. The summed E-state index contributed by atoms with van der Waals surface area (Å²) in [6.07, 6.45) is 0.911. The lowest BCUT2D eigenvalue weighted by atomic mass is 10.2. The molecule has 0 unspecified atom stereocenters. The summed E-state index contributed by atoms with van der Waals surface area (Å²) in [6.45, 7) is 0.872. The predicted molar refractivity (Wildman–Crippen MR) is 84.1 cm³/mol. The van der Waals surface area contributed by atoms with Crippen molar-refractivity contribution in [1.82, 2.24) is 15.2 Å².